The van der Waals surface area contributed by atoms with Crippen molar-refractivity contribution in [3.05, 3.63) is 28.8 Å². The van der Waals surface area contributed by atoms with E-state index in [1.165, 1.54) is 7.11 Å². The first-order valence-electron chi connectivity index (χ1n) is 4.76. The van der Waals surface area contributed by atoms with Crippen molar-refractivity contribution in [1.82, 2.24) is 0 Å². The predicted molar refractivity (Wildman–Crippen MR) is 59.5 cm³/mol. The van der Waals surface area contributed by atoms with E-state index in [4.69, 9.17) is 21.4 Å². The van der Waals surface area contributed by atoms with Gasteiger partial charge in [-0.25, -0.2) is 0 Å². The molecule has 5 heteroatoms. The highest BCUT2D eigenvalue weighted by Gasteiger charge is 2.05. The Bertz CT molecular complexity index is 365. The quantitative estimate of drug-likeness (QED) is 0.802. The number of ether oxygens (including phenoxy) is 2. The van der Waals surface area contributed by atoms with Crippen molar-refractivity contribution in [2.45, 2.75) is 13.0 Å². The van der Waals surface area contributed by atoms with Crippen LogP contribution < -0.4 is 4.74 Å². The lowest BCUT2D eigenvalue weighted by molar-refractivity contribution is -0.141. The van der Waals surface area contributed by atoms with Crippen molar-refractivity contribution < 1.29 is 19.4 Å². The van der Waals surface area contributed by atoms with Crippen LogP contribution in [0.3, 0.4) is 0 Å². The number of methoxy groups -OCH3 is 1. The van der Waals surface area contributed by atoms with Crippen LogP contribution in [-0.4, -0.2) is 24.8 Å². The Kier molecular flexibility index (Phi) is 5.08. The molecule has 0 spiro atoms. The molecule has 0 unspecified atom stereocenters. The third kappa shape index (κ3) is 3.72. The Morgan fingerprint density at radius 2 is 2.25 bits per heavy atom. The zero-order valence-electron chi connectivity index (χ0n) is 8.90. The average Bonchev–Trinajstić information content (AvgIpc) is 2.30. The highest BCUT2D eigenvalue weighted by molar-refractivity contribution is 6.32. The molecule has 16 heavy (non-hydrogen) atoms. The van der Waals surface area contributed by atoms with E-state index in [9.17, 15) is 4.79 Å². The summed E-state index contributed by atoms with van der Waals surface area (Å²) in [6.07, 6.45) is 0.175. The van der Waals surface area contributed by atoms with Crippen molar-refractivity contribution in [3.63, 3.8) is 0 Å². The predicted octanol–water partition coefficient (Wildman–Crippen LogP) is 1.77. The van der Waals surface area contributed by atoms with Gasteiger partial charge in [-0.15, -0.1) is 0 Å². The minimum atomic E-state index is -0.330. The molecule has 1 aromatic rings. The molecule has 0 atom stereocenters. The summed E-state index contributed by atoms with van der Waals surface area (Å²) < 4.78 is 9.76. The van der Waals surface area contributed by atoms with Gasteiger partial charge in [-0.3, -0.25) is 4.79 Å². The maximum atomic E-state index is 10.8. The molecule has 0 saturated heterocycles. The fraction of sp³-hybridized carbons (Fsp3) is 0.364. The van der Waals surface area contributed by atoms with Crippen LogP contribution in [0.1, 0.15) is 12.0 Å². The van der Waals surface area contributed by atoms with Gasteiger partial charge in [-0.1, -0.05) is 17.7 Å². The molecule has 0 radical (unpaired) electrons. The van der Waals surface area contributed by atoms with E-state index < -0.39 is 0 Å². The Morgan fingerprint density at radius 3 is 2.81 bits per heavy atom. The highest BCUT2D eigenvalue weighted by atomic mass is 35.5. The number of hydrogen-bond donors (Lipinski definition) is 1. The number of aliphatic hydroxyl groups excluding tert-OH is 1. The van der Waals surface area contributed by atoms with Crippen molar-refractivity contribution in [2.24, 2.45) is 0 Å². The molecule has 0 amide bonds. The molecule has 4 nitrogen and oxygen atoms in total. The van der Waals surface area contributed by atoms with E-state index in [1.54, 1.807) is 18.2 Å². The lowest BCUT2D eigenvalue weighted by atomic mass is 10.2. The monoisotopic (exact) mass is 244 g/mol. The molecule has 0 bridgehead atoms. The first kappa shape index (κ1) is 12.8. The maximum absolute atomic E-state index is 10.8. The van der Waals surface area contributed by atoms with Gasteiger partial charge in [0.15, 0.2) is 0 Å². The number of aliphatic hydroxyl groups is 1. The molecule has 0 heterocycles. The molecule has 0 aliphatic carbocycles. The first-order chi connectivity index (χ1) is 7.67. The number of carbonyl (C=O) groups excluding carboxylic acids is 1. The van der Waals surface area contributed by atoms with Gasteiger partial charge in [0.1, 0.15) is 5.75 Å². The van der Waals surface area contributed by atoms with Crippen molar-refractivity contribution in [2.75, 3.05) is 13.7 Å². The number of hydrogen-bond acceptors (Lipinski definition) is 4. The van der Waals surface area contributed by atoms with Crippen LogP contribution in [0.4, 0.5) is 0 Å². The van der Waals surface area contributed by atoms with Gasteiger partial charge in [-0.05, 0) is 17.7 Å². The van der Waals surface area contributed by atoms with Crippen molar-refractivity contribution in [1.29, 1.82) is 0 Å². The van der Waals surface area contributed by atoms with E-state index in [0.717, 1.165) is 0 Å². The largest absolute Gasteiger partial charge is 0.491 e. The number of esters is 1. The SMILES string of the molecule is COC(=O)CCOc1ccc(CO)cc1Cl. The summed E-state index contributed by atoms with van der Waals surface area (Å²) in [5, 5.41) is 9.29. The van der Waals surface area contributed by atoms with Gasteiger partial charge >= 0.3 is 5.97 Å². The van der Waals surface area contributed by atoms with Gasteiger partial charge in [0.05, 0.1) is 31.8 Å². The second-order valence-corrected chi connectivity index (χ2v) is 3.50. The number of rotatable bonds is 5. The summed E-state index contributed by atoms with van der Waals surface area (Å²) in [6, 6.07) is 4.99. The van der Waals surface area contributed by atoms with Crippen LogP contribution in [-0.2, 0) is 16.1 Å². The summed E-state index contributed by atoms with van der Waals surface area (Å²) in [6.45, 7) is 0.146. The lowest BCUT2D eigenvalue weighted by Gasteiger charge is -2.08. The fourth-order valence-corrected chi connectivity index (χ4v) is 1.36. The third-order valence-corrected chi connectivity index (χ3v) is 2.27. The van der Waals surface area contributed by atoms with Crippen molar-refractivity contribution in [3.8, 4) is 5.75 Å². The molecule has 0 saturated carbocycles. The lowest BCUT2D eigenvalue weighted by Crippen LogP contribution is -2.07. The topological polar surface area (TPSA) is 55.8 Å². The Morgan fingerprint density at radius 1 is 1.50 bits per heavy atom. The zero-order chi connectivity index (χ0) is 12.0. The summed E-state index contributed by atoms with van der Waals surface area (Å²) in [4.78, 5) is 10.8. The fourth-order valence-electron chi connectivity index (χ4n) is 1.11. The highest BCUT2D eigenvalue weighted by Crippen LogP contribution is 2.25. The van der Waals surface area contributed by atoms with Gasteiger partial charge in [0.2, 0.25) is 0 Å². The molecule has 1 rings (SSSR count). The molecule has 1 N–H and O–H groups in total. The molecule has 0 fully saturated rings. The molecular formula is C11H13ClO4. The average molecular weight is 245 g/mol. The molecule has 0 aromatic heterocycles. The first-order valence-corrected chi connectivity index (χ1v) is 5.14. The van der Waals surface area contributed by atoms with Crippen LogP contribution in [0.25, 0.3) is 0 Å². The summed E-state index contributed by atoms with van der Waals surface area (Å²) in [5.74, 6) is 0.158. The Balaban J connectivity index is 2.51. The van der Waals surface area contributed by atoms with Crippen LogP contribution >= 0.6 is 11.6 Å². The van der Waals surface area contributed by atoms with Crippen LogP contribution in [0, 0.1) is 0 Å². The summed E-state index contributed by atoms with van der Waals surface area (Å²) in [7, 11) is 1.32. The van der Waals surface area contributed by atoms with Gasteiger partial charge in [0, 0.05) is 0 Å². The molecule has 0 aliphatic heterocycles. The smallest absolute Gasteiger partial charge is 0.308 e. The Hall–Kier alpha value is -1.26. The zero-order valence-corrected chi connectivity index (χ0v) is 9.66. The molecular weight excluding hydrogens is 232 g/mol. The summed E-state index contributed by atoms with van der Waals surface area (Å²) in [5.41, 5.74) is 0.713. The molecule has 0 aliphatic rings. The third-order valence-electron chi connectivity index (χ3n) is 1.97. The van der Waals surface area contributed by atoms with Gasteiger partial charge < -0.3 is 14.6 Å². The Labute approximate surface area is 98.7 Å². The minimum absolute atomic E-state index is 0.0673. The van der Waals surface area contributed by atoms with E-state index in [-0.39, 0.29) is 25.6 Å². The van der Waals surface area contributed by atoms with Crippen LogP contribution in [0.2, 0.25) is 5.02 Å². The van der Waals surface area contributed by atoms with E-state index in [1.807, 2.05) is 0 Å². The number of halogens is 1. The van der Waals surface area contributed by atoms with Crippen LogP contribution in [0.5, 0.6) is 5.75 Å². The van der Waals surface area contributed by atoms with Crippen molar-refractivity contribution >= 4 is 17.6 Å². The molecule has 88 valence electrons. The summed E-state index contributed by atoms with van der Waals surface area (Å²) >= 11 is 5.91. The van der Waals surface area contributed by atoms with E-state index in [2.05, 4.69) is 4.74 Å². The van der Waals surface area contributed by atoms with Gasteiger partial charge in [0.25, 0.3) is 0 Å². The van der Waals surface area contributed by atoms with E-state index >= 15 is 0 Å². The number of benzene rings is 1. The normalized spacial score (nSPS) is 9.94. The number of carbonyl (C=O) groups is 1. The molecule has 1 aromatic carbocycles. The minimum Gasteiger partial charge on any atom is -0.491 e. The second-order valence-electron chi connectivity index (χ2n) is 3.10. The standard InChI is InChI=1S/C11H13ClO4/c1-15-11(14)4-5-16-10-3-2-8(7-13)6-9(10)12/h2-3,6,13H,4-5,7H2,1H3. The second kappa shape index (κ2) is 6.35. The van der Waals surface area contributed by atoms with E-state index in [0.29, 0.717) is 16.3 Å². The van der Waals surface area contributed by atoms with Gasteiger partial charge in [-0.2, -0.15) is 0 Å². The van der Waals surface area contributed by atoms with Crippen LogP contribution in [0.15, 0.2) is 18.2 Å². The maximum Gasteiger partial charge on any atom is 0.308 e.